The topological polar surface area (TPSA) is 483 Å². The maximum Gasteiger partial charge on any atom is 0.220 e. The first-order valence-electron chi connectivity index (χ1n) is 41.1. The lowest BCUT2D eigenvalue weighted by molar-refractivity contribution is -0.400. The van der Waals surface area contributed by atoms with Crippen molar-refractivity contribution in [2.24, 2.45) is 0 Å². The third-order valence-electron chi connectivity index (χ3n) is 21.3. The monoisotopic (exact) mass is 1570 g/mol. The molecule has 5 aliphatic heterocycles. The van der Waals surface area contributed by atoms with Crippen LogP contribution in [0.1, 0.15) is 246 Å². The quantitative estimate of drug-likeness (QED) is 0.0307. The molecule has 0 saturated carbocycles. The first-order chi connectivity index (χ1) is 52.6. The van der Waals surface area contributed by atoms with Crippen molar-refractivity contribution in [1.29, 1.82) is 0 Å². The van der Waals surface area contributed by atoms with E-state index in [0.29, 0.717) is 12.8 Å². The molecule has 109 heavy (non-hydrogen) atoms. The highest BCUT2D eigenvalue weighted by Gasteiger charge is 2.58. The van der Waals surface area contributed by atoms with Gasteiger partial charge in [-0.25, -0.2) is 0 Å². The summed E-state index contributed by atoms with van der Waals surface area (Å²) >= 11 is 0. The van der Waals surface area contributed by atoms with Gasteiger partial charge in [0.05, 0.1) is 51.8 Å². The van der Waals surface area contributed by atoms with Gasteiger partial charge in [0, 0.05) is 20.3 Å². The molecule has 18 N–H and O–H groups in total. The molecule has 0 spiro atoms. The van der Waals surface area contributed by atoms with Gasteiger partial charge in [0.15, 0.2) is 31.5 Å². The number of allylic oxidation sites excluding steroid dienone is 3. The molecule has 31 nitrogen and oxygen atoms in total. The summed E-state index contributed by atoms with van der Waals surface area (Å²) < 4.78 is 60.2. The summed E-state index contributed by atoms with van der Waals surface area (Å²) in [5.41, 5.74) is 0. The van der Waals surface area contributed by atoms with Crippen molar-refractivity contribution >= 4 is 17.7 Å². The number of carbonyl (C=O) groups is 3. The van der Waals surface area contributed by atoms with Crippen LogP contribution in [0.4, 0.5) is 0 Å². The second kappa shape index (κ2) is 54.7. The lowest BCUT2D eigenvalue weighted by Gasteiger charge is -2.51. The molecule has 0 aromatic carbocycles. The molecule has 27 atom stereocenters. The van der Waals surface area contributed by atoms with Gasteiger partial charge in [-0.3, -0.25) is 14.4 Å². The minimum absolute atomic E-state index is 0.167. The van der Waals surface area contributed by atoms with E-state index in [1.807, 2.05) is 6.08 Å². The third kappa shape index (κ3) is 32.8. The van der Waals surface area contributed by atoms with Crippen LogP contribution in [0.25, 0.3) is 0 Å². The van der Waals surface area contributed by atoms with Gasteiger partial charge >= 0.3 is 0 Å². The standard InChI is InChI=1S/C78H141N3O28/c1-5-7-9-11-13-15-17-19-20-21-22-23-24-25-26-27-28-30-32-34-36-38-40-42-58(90)81-51(52(89)41-39-37-35-33-31-29-18-16-14-12-10-8-6-2)48-100-76-67(97)66(96)70(56(46-85)104-76)106-78-69(99)73(71(57(47-86)105-78)107-74-59(79-49(3)87)64(94)61(91)53(43-82)101-74)109-77-68(98)72(63(93)55(45-84)103-77)108-75-60(80-50(4)88)65(95)62(92)54(44-83)102-75/h19-20,39,41,51-57,59-78,82-86,89,91-99H,5-18,21-38,40,42-48H2,1-4H3,(H,79,87)(H,80,88)(H,81,90)/b20-19-,41-39+/t51-,52+,53?,54?,55?,56?,57?,59?,60?,61-,62+,63-,64+,65+,66+,67?,68?,69?,70+,71-,72-,73+,74-,75-,76+,77+,78-/m0/s1. The van der Waals surface area contributed by atoms with E-state index >= 15 is 0 Å². The minimum atomic E-state index is -2.31. The number of aliphatic hydroxyl groups excluding tert-OH is 15. The van der Waals surface area contributed by atoms with Crippen molar-refractivity contribution < 1.29 is 138 Å². The lowest BCUT2D eigenvalue weighted by atomic mass is 9.94. The normalized spacial score (nSPS) is 33.7. The molecule has 31 heteroatoms. The van der Waals surface area contributed by atoms with Crippen molar-refractivity contribution in [3.63, 3.8) is 0 Å². The Labute approximate surface area is 645 Å². The first-order valence-corrected chi connectivity index (χ1v) is 41.1. The Bertz CT molecular complexity index is 2460. The molecule has 5 rings (SSSR count). The Morgan fingerprint density at radius 2 is 0.697 bits per heavy atom. The van der Waals surface area contributed by atoms with Crippen molar-refractivity contribution in [1.82, 2.24) is 16.0 Å². The molecule has 5 aliphatic rings. The SMILES string of the molecule is CCCCCCCC/C=C\CCCCCCCCCCCCCCCC(=O)N[C@@H](CO[C@@H]1OC(CO)[C@@H](O[C@@H]2OC(CO)[C@H](O[C@@H]3OC(CO)[C@H](O)[C@H](O)C3NC(C)=O)[C@H](O[C@H]3OC(CO)[C@H](O)[C@H](O[C@@H]4OC(CO)[C@@H](O)[C@H](O)C4NC(C)=O)C3O)C2O)[C@H](O)C1O)[C@H](O)/C=C/CCCCCCCCCCCCC. The average Bonchev–Trinajstić information content (AvgIpc) is 0.765. The summed E-state index contributed by atoms with van der Waals surface area (Å²) in [6, 6.07) is -4.39. The van der Waals surface area contributed by atoms with Gasteiger partial charge in [-0.15, -0.1) is 0 Å². The van der Waals surface area contributed by atoms with Crippen LogP contribution in [0.2, 0.25) is 0 Å². The van der Waals surface area contributed by atoms with Crippen LogP contribution in [0.3, 0.4) is 0 Å². The number of rotatable bonds is 56. The molecule has 636 valence electrons. The molecule has 0 aliphatic carbocycles. The molecular weight excluding hydrogens is 1430 g/mol. The molecule has 5 fully saturated rings. The zero-order valence-electron chi connectivity index (χ0n) is 65.2. The van der Waals surface area contributed by atoms with Gasteiger partial charge in [0.1, 0.15) is 122 Å². The smallest absolute Gasteiger partial charge is 0.220 e. The minimum Gasteiger partial charge on any atom is -0.394 e. The predicted octanol–water partition coefficient (Wildman–Crippen LogP) is 2.65. The highest BCUT2D eigenvalue weighted by molar-refractivity contribution is 5.76. The number of aliphatic hydroxyl groups is 15. The highest BCUT2D eigenvalue weighted by atomic mass is 16.8. The maximum atomic E-state index is 13.6. The molecule has 0 aromatic heterocycles. The summed E-state index contributed by atoms with van der Waals surface area (Å²) in [5.74, 6) is -1.89. The van der Waals surface area contributed by atoms with Gasteiger partial charge in [-0.1, -0.05) is 205 Å². The highest BCUT2D eigenvalue weighted by Crippen LogP contribution is 2.38. The number of nitrogens with one attached hydrogen (secondary N) is 3. The maximum absolute atomic E-state index is 13.6. The second-order valence-electron chi connectivity index (χ2n) is 30.3. The van der Waals surface area contributed by atoms with E-state index < -0.39 is 217 Å². The van der Waals surface area contributed by atoms with Gasteiger partial charge in [-0.05, 0) is 44.9 Å². The van der Waals surface area contributed by atoms with Crippen LogP contribution in [0.5, 0.6) is 0 Å². The number of unbranched alkanes of at least 4 members (excludes halogenated alkanes) is 30. The Kier molecular flexibility index (Phi) is 48.4. The molecular formula is C78H141N3O28. The van der Waals surface area contributed by atoms with Crippen LogP contribution < -0.4 is 16.0 Å². The van der Waals surface area contributed by atoms with Gasteiger partial charge in [0.25, 0.3) is 0 Å². The first kappa shape index (κ1) is 96.5. The van der Waals surface area contributed by atoms with E-state index in [0.717, 1.165) is 65.2 Å². The number of hydrogen-bond donors (Lipinski definition) is 18. The third-order valence-corrected chi connectivity index (χ3v) is 21.3. The van der Waals surface area contributed by atoms with E-state index in [-0.39, 0.29) is 12.3 Å². The summed E-state index contributed by atoms with van der Waals surface area (Å²) in [5, 5.41) is 176. The van der Waals surface area contributed by atoms with E-state index in [9.17, 15) is 91.0 Å². The molecule has 5 saturated heterocycles. The molecule has 0 bridgehead atoms. The van der Waals surface area contributed by atoms with Gasteiger partial charge in [0.2, 0.25) is 17.7 Å². The zero-order valence-corrected chi connectivity index (χ0v) is 65.2. The number of carbonyl (C=O) groups excluding carboxylic acids is 3. The number of amides is 3. The van der Waals surface area contributed by atoms with Gasteiger partial charge < -0.3 is 140 Å². The van der Waals surface area contributed by atoms with Crippen LogP contribution in [-0.2, 0) is 61.8 Å². The van der Waals surface area contributed by atoms with Crippen LogP contribution in [-0.4, -0.2) is 300 Å². The Hall–Kier alpha value is -3.11. The van der Waals surface area contributed by atoms with Gasteiger partial charge in [-0.2, -0.15) is 0 Å². The lowest BCUT2D eigenvalue weighted by Crippen LogP contribution is -2.70. The Morgan fingerprint density at radius 1 is 0.358 bits per heavy atom. The second-order valence-corrected chi connectivity index (χ2v) is 30.3. The molecule has 10 unspecified atom stereocenters. The average molecular weight is 1570 g/mol. The van der Waals surface area contributed by atoms with Crippen LogP contribution >= 0.6 is 0 Å². The summed E-state index contributed by atoms with van der Waals surface area (Å²) in [4.78, 5) is 38.5. The van der Waals surface area contributed by atoms with Crippen molar-refractivity contribution in [3.8, 4) is 0 Å². The van der Waals surface area contributed by atoms with Crippen molar-refractivity contribution in [2.45, 2.75) is 412 Å². The fourth-order valence-corrected chi connectivity index (χ4v) is 14.7. The summed E-state index contributed by atoms with van der Waals surface area (Å²) in [6.07, 6.45) is 1.28. The summed E-state index contributed by atoms with van der Waals surface area (Å²) in [6.45, 7) is 1.20. The fraction of sp³-hybridized carbons (Fsp3) is 0.910. The molecule has 3 amide bonds. The molecule has 5 heterocycles. The zero-order chi connectivity index (χ0) is 79.6. The van der Waals surface area contributed by atoms with Crippen LogP contribution in [0, 0.1) is 0 Å². The summed E-state index contributed by atoms with van der Waals surface area (Å²) in [7, 11) is 0. The van der Waals surface area contributed by atoms with E-state index in [2.05, 4.69) is 41.9 Å². The van der Waals surface area contributed by atoms with E-state index in [1.165, 1.54) is 148 Å². The largest absolute Gasteiger partial charge is 0.394 e. The van der Waals surface area contributed by atoms with Crippen molar-refractivity contribution in [2.75, 3.05) is 39.6 Å². The van der Waals surface area contributed by atoms with Crippen molar-refractivity contribution in [3.05, 3.63) is 24.3 Å². The molecule has 0 radical (unpaired) electrons. The number of ether oxygens (including phenoxy) is 10. The fourth-order valence-electron chi connectivity index (χ4n) is 14.7. The van der Waals surface area contributed by atoms with E-state index in [4.69, 9.17) is 47.4 Å². The molecule has 0 aromatic rings. The van der Waals surface area contributed by atoms with Crippen LogP contribution in [0.15, 0.2) is 24.3 Å². The predicted molar refractivity (Wildman–Crippen MR) is 398 cm³/mol. The number of hydrogen-bond acceptors (Lipinski definition) is 28. The Balaban J connectivity index is 1.25. The Morgan fingerprint density at radius 3 is 1.13 bits per heavy atom. The van der Waals surface area contributed by atoms with E-state index in [1.54, 1.807) is 6.08 Å².